The minimum Gasteiger partial charge on any atom is -0.411 e. The Bertz CT molecular complexity index is 854. The molecule has 122 valence electrons. The first-order valence-electron chi connectivity index (χ1n) is 7.04. The fraction of sp³-hybridized carbons (Fsp3) is 0.125. The number of pyridine rings is 1. The van der Waals surface area contributed by atoms with E-state index in [-0.39, 0.29) is 11.7 Å². The van der Waals surface area contributed by atoms with Crippen molar-refractivity contribution in [2.24, 2.45) is 0 Å². The topological polar surface area (TPSA) is 80.9 Å². The number of nitrogens with zero attached hydrogens (tertiary/aromatic N) is 3. The maximum atomic E-state index is 12.1. The van der Waals surface area contributed by atoms with E-state index in [2.05, 4.69) is 43.1 Å². The molecule has 2 aromatic heterocycles. The second kappa shape index (κ2) is 7.75. The zero-order chi connectivity index (χ0) is 16.9. The number of carbonyl (C=O) groups is 1. The van der Waals surface area contributed by atoms with E-state index in [4.69, 9.17) is 4.42 Å². The average molecular weight is 452 g/mol. The van der Waals surface area contributed by atoms with Crippen molar-refractivity contribution in [3.63, 3.8) is 0 Å². The Morgan fingerprint density at radius 1 is 1.25 bits per heavy atom. The number of rotatable bonds is 5. The number of carbonyl (C=O) groups excluding carboxylic acids is 1. The third-order valence-corrected chi connectivity index (χ3v) is 4.61. The van der Waals surface area contributed by atoms with E-state index in [1.54, 1.807) is 24.5 Å². The highest BCUT2D eigenvalue weighted by molar-refractivity contribution is 14.1. The summed E-state index contributed by atoms with van der Waals surface area (Å²) in [5.74, 6) is 0.491. The van der Waals surface area contributed by atoms with Crippen LogP contribution in [-0.4, -0.2) is 26.8 Å². The standard InChI is InChI=1S/C16H13IN4O2S/c1-10-8-12(17)2-3-13(10)19-14(22)9-24-16-21-20-15(23-16)11-4-6-18-7-5-11/h2-8H,9H2,1H3,(H,19,22). The number of aromatic nitrogens is 3. The molecule has 0 bridgehead atoms. The highest BCUT2D eigenvalue weighted by Crippen LogP contribution is 2.23. The van der Waals surface area contributed by atoms with Crippen LogP contribution >= 0.6 is 34.4 Å². The zero-order valence-electron chi connectivity index (χ0n) is 12.7. The van der Waals surface area contributed by atoms with Crippen LogP contribution in [0.2, 0.25) is 0 Å². The monoisotopic (exact) mass is 452 g/mol. The Morgan fingerprint density at radius 3 is 2.79 bits per heavy atom. The molecular weight excluding hydrogens is 439 g/mol. The molecule has 24 heavy (non-hydrogen) atoms. The number of anilines is 1. The van der Waals surface area contributed by atoms with E-state index in [1.165, 1.54) is 11.8 Å². The Morgan fingerprint density at radius 2 is 2.04 bits per heavy atom. The zero-order valence-corrected chi connectivity index (χ0v) is 15.7. The molecule has 0 radical (unpaired) electrons. The third kappa shape index (κ3) is 4.32. The minimum absolute atomic E-state index is 0.118. The van der Waals surface area contributed by atoms with Crippen LogP contribution in [0.5, 0.6) is 0 Å². The van der Waals surface area contributed by atoms with Gasteiger partial charge in [0.25, 0.3) is 5.22 Å². The summed E-state index contributed by atoms with van der Waals surface area (Å²) in [6.45, 7) is 1.96. The van der Waals surface area contributed by atoms with Crippen LogP contribution in [0.3, 0.4) is 0 Å². The number of halogens is 1. The maximum Gasteiger partial charge on any atom is 0.277 e. The first kappa shape index (κ1) is 16.9. The molecule has 0 spiro atoms. The summed E-state index contributed by atoms with van der Waals surface area (Å²) in [5.41, 5.74) is 2.63. The van der Waals surface area contributed by atoms with Gasteiger partial charge in [-0.05, 0) is 65.4 Å². The Kier molecular flexibility index (Phi) is 5.46. The SMILES string of the molecule is Cc1cc(I)ccc1NC(=O)CSc1nnc(-c2ccncc2)o1. The van der Waals surface area contributed by atoms with Gasteiger partial charge in [-0.1, -0.05) is 11.8 Å². The predicted molar refractivity (Wildman–Crippen MR) is 101 cm³/mol. The summed E-state index contributed by atoms with van der Waals surface area (Å²) in [5, 5.41) is 11.2. The van der Waals surface area contributed by atoms with E-state index in [0.717, 1.165) is 20.4 Å². The van der Waals surface area contributed by atoms with Crippen molar-refractivity contribution in [1.82, 2.24) is 15.2 Å². The van der Waals surface area contributed by atoms with Crippen LogP contribution in [0.1, 0.15) is 5.56 Å². The van der Waals surface area contributed by atoms with Crippen LogP contribution in [0, 0.1) is 10.5 Å². The molecule has 0 saturated carbocycles. The van der Waals surface area contributed by atoms with Gasteiger partial charge >= 0.3 is 0 Å². The van der Waals surface area contributed by atoms with Gasteiger partial charge in [0.1, 0.15) is 0 Å². The number of amides is 1. The lowest BCUT2D eigenvalue weighted by Gasteiger charge is -2.07. The van der Waals surface area contributed by atoms with Crippen LogP contribution in [-0.2, 0) is 4.79 Å². The van der Waals surface area contributed by atoms with E-state index < -0.39 is 0 Å². The maximum absolute atomic E-state index is 12.1. The lowest BCUT2D eigenvalue weighted by atomic mass is 10.2. The first-order valence-corrected chi connectivity index (χ1v) is 9.11. The Labute approximate surface area is 156 Å². The lowest BCUT2D eigenvalue weighted by molar-refractivity contribution is -0.113. The molecule has 2 heterocycles. The smallest absolute Gasteiger partial charge is 0.277 e. The fourth-order valence-electron chi connectivity index (χ4n) is 1.96. The molecule has 1 amide bonds. The van der Waals surface area contributed by atoms with E-state index in [1.807, 2.05) is 25.1 Å². The number of aryl methyl sites for hydroxylation is 1. The van der Waals surface area contributed by atoms with Crippen molar-refractivity contribution < 1.29 is 9.21 Å². The van der Waals surface area contributed by atoms with Crippen LogP contribution < -0.4 is 5.32 Å². The molecule has 0 saturated heterocycles. The molecule has 0 aliphatic carbocycles. The third-order valence-electron chi connectivity index (χ3n) is 3.12. The fourth-order valence-corrected chi connectivity index (χ4v) is 3.17. The van der Waals surface area contributed by atoms with Crippen LogP contribution in [0.15, 0.2) is 52.4 Å². The number of hydrogen-bond acceptors (Lipinski definition) is 6. The van der Waals surface area contributed by atoms with Gasteiger partial charge in [-0.2, -0.15) is 0 Å². The molecule has 3 aromatic rings. The predicted octanol–water partition coefficient (Wildman–Crippen LogP) is 3.78. The average Bonchev–Trinajstić information content (AvgIpc) is 3.05. The molecule has 0 aliphatic rings. The highest BCUT2D eigenvalue weighted by Gasteiger charge is 2.12. The van der Waals surface area contributed by atoms with Gasteiger partial charge in [0, 0.05) is 27.2 Å². The van der Waals surface area contributed by atoms with Gasteiger partial charge in [0.05, 0.1) is 5.75 Å². The summed E-state index contributed by atoms with van der Waals surface area (Å²) < 4.78 is 6.67. The second-order valence-electron chi connectivity index (χ2n) is 4.91. The molecule has 3 rings (SSSR count). The van der Waals surface area contributed by atoms with Crippen molar-refractivity contribution in [1.29, 1.82) is 0 Å². The second-order valence-corrected chi connectivity index (χ2v) is 7.08. The highest BCUT2D eigenvalue weighted by atomic mass is 127. The van der Waals surface area contributed by atoms with Crippen molar-refractivity contribution in [2.45, 2.75) is 12.1 Å². The summed E-state index contributed by atoms with van der Waals surface area (Å²) in [4.78, 5) is 16.0. The quantitative estimate of drug-likeness (QED) is 0.469. The van der Waals surface area contributed by atoms with Crippen molar-refractivity contribution >= 4 is 45.9 Å². The summed E-state index contributed by atoms with van der Waals surface area (Å²) in [6.07, 6.45) is 3.31. The number of thioether (sulfide) groups is 1. The summed E-state index contributed by atoms with van der Waals surface area (Å²) in [7, 11) is 0. The number of benzene rings is 1. The first-order chi connectivity index (χ1) is 11.6. The van der Waals surface area contributed by atoms with Gasteiger partial charge in [-0.3, -0.25) is 9.78 Å². The lowest BCUT2D eigenvalue weighted by Crippen LogP contribution is -2.14. The molecular formula is C16H13IN4O2S. The Balaban J connectivity index is 1.58. The van der Waals surface area contributed by atoms with E-state index >= 15 is 0 Å². The van der Waals surface area contributed by atoms with E-state index in [9.17, 15) is 4.79 Å². The van der Waals surface area contributed by atoms with Gasteiger partial charge in [-0.25, -0.2) is 0 Å². The van der Waals surface area contributed by atoms with Crippen LogP contribution in [0.4, 0.5) is 5.69 Å². The normalized spacial score (nSPS) is 10.6. The number of hydrogen-bond donors (Lipinski definition) is 1. The van der Waals surface area contributed by atoms with Gasteiger partial charge in [0.15, 0.2) is 0 Å². The number of nitrogens with one attached hydrogen (secondary N) is 1. The van der Waals surface area contributed by atoms with Gasteiger partial charge < -0.3 is 9.73 Å². The largest absolute Gasteiger partial charge is 0.411 e. The molecule has 0 unspecified atom stereocenters. The molecule has 1 N–H and O–H groups in total. The van der Waals surface area contributed by atoms with Crippen LogP contribution in [0.25, 0.3) is 11.5 Å². The van der Waals surface area contributed by atoms with Crippen molar-refractivity contribution in [3.05, 3.63) is 51.9 Å². The minimum atomic E-state index is -0.118. The Hall–Kier alpha value is -1.94. The molecule has 6 nitrogen and oxygen atoms in total. The molecule has 1 aromatic carbocycles. The molecule has 0 fully saturated rings. The molecule has 0 atom stereocenters. The van der Waals surface area contributed by atoms with Crippen molar-refractivity contribution in [3.8, 4) is 11.5 Å². The van der Waals surface area contributed by atoms with E-state index in [0.29, 0.717) is 11.1 Å². The van der Waals surface area contributed by atoms with Gasteiger partial charge in [-0.15, -0.1) is 10.2 Å². The summed E-state index contributed by atoms with van der Waals surface area (Å²) in [6, 6.07) is 9.44. The summed E-state index contributed by atoms with van der Waals surface area (Å²) >= 11 is 3.44. The van der Waals surface area contributed by atoms with Crippen molar-refractivity contribution in [2.75, 3.05) is 11.1 Å². The molecule has 0 aliphatic heterocycles. The van der Waals surface area contributed by atoms with Gasteiger partial charge in [0.2, 0.25) is 11.8 Å². The molecule has 8 heteroatoms.